The number of hydrogen-bond acceptors (Lipinski definition) is 5. The first-order valence-electron chi connectivity index (χ1n) is 7.59. The summed E-state index contributed by atoms with van der Waals surface area (Å²) in [5.41, 5.74) is 0. The molecule has 1 amide bonds. The Kier molecular flexibility index (Phi) is 4.38. The van der Waals surface area contributed by atoms with Crippen LogP contribution < -0.4 is 9.47 Å². The molecule has 1 fully saturated rings. The quantitative estimate of drug-likeness (QED) is 0.891. The van der Waals surface area contributed by atoms with Gasteiger partial charge in [-0.2, -0.15) is 0 Å². The molecule has 3 unspecified atom stereocenters. The maximum absolute atomic E-state index is 12.7. The number of benzene rings is 1. The van der Waals surface area contributed by atoms with Crippen molar-refractivity contribution in [3.8, 4) is 11.5 Å². The van der Waals surface area contributed by atoms with Gasteiger partial charge in [0.1, 0.15) is 6.10 Å². The van der Waals surface area contributed by atoms with E-state index >= 15 is 0 Å². The molecule has 23 heavy (non-hydrogen) atoms. The number of morpholine rings is 1. The Morgan fingerprint density at radius 3 is 2.65 bits per heavy atom. The fourth-order valence-corrected chi connectivity index (χ4v) is 2.81. The average Bonchev–Trinajstić information content (AvgIpc) is 2.53. The Hall–Kier alpha value is -2.28. The van der Waals surface area contributed by atoms with Crippen LogP contribution >= 0.6 is 0 Å². The number of carboxylic acids is 1. The molecule has 1 aromatic carbocycles. The summed E-state index contributed by atoms with van der Waals surface area (Å²) in [6.07, 6.45) is -1.77. The van der Waals surface area contributed by atoms with E-state index in [9.17, 15) is 9.59 Å². The molecule has 1 saturated heterocycles. The molecular formula is C16H19NO6. The van der Waals surface area contributed by atoms with Gasteiger partial charge in [-0.3, -0.25) is 9.59 Å². The van der Waals surface area contributed by atoms with E-state index in [1.807, 2.05) is 12.1 Å². The first-order chi connectivity index (χ1) is 11.0. The molecule has 0 spiro atoms. The molecule has 1 aromatic rings. The zero-order valence-electron chi connectivity index (χ0n) is 12.8. The summed E-state index contributed by atoms with van der Waals surface area (Å²) >= 11 is 0. The number of para-hydroxylation sites is 2. The highest BCUT2D eigenvalue weighted by Gasteiger charge is 2.38. The molecule has 0 aliphatic carbocycles. The van der Waals surface area contributed by atoms with Crippen LogP contribution in [0.1, 0.15) is 13.3 Å². The van der Waals surface area contributed by atoms with Gasteiger partial charge in [0.25, 0.3) is 5.91 Å². The normalized spacial score (nSPS) is 26.7. The predicted octanol–water partition coefficient (Wildman–Crippen LogP) is 0.917. The molecule has 0 radical (unpaired) electrons. The summed E-state index contributed by atoms with van der Waals surface area (Å²) in [5, 5.41) is 8.86. The molecule has 1 N–H and O–H groups in total. The van der Waals surface area contributed by atoms with Crippen LogP contribution in [-0.2, 0) is 14.3 Å². The van der Waals surface area contributed by atoms with E-state index in [2.05, 4.69) is 0 Å². The minimum Gasteiger partial charge on any atom is -0.482 e. The van der Waals surface area contributed by atoms with E-state index in [1.165, 1.54) is 0 Å². The second kappa shape index (κ2) is 6.45. The van der Waals surface area contributed by atoms with Crippen molar-refractivity contribution in [2.24, 2.45) is 0 Å². The minimum absolute atomic E-state index is 0.121. The lowest BCUT2D eigenvalue weighted by molar-refractivity contribution is -0.155. The Morgan fingerprint density at radius 1 is 1.26 bits per heavy atom. The number of carbonyl (C=O) groups excluding carboxylic acids is 1. The van der Waals surface area contributed by atoms with Crippen molar-refractivity contribution in [2.45, 2.75) is 31.7 Å². The molecule has 0 aromatic heterocycles. The Bertz CT molecular complexity index is 604. The van der Waals surface area contributed by atoms with Gasteiger partial charge in [-0.25, -0.2) is 0 Å². The molecule has 2 aliphatic heterocycles. The highest BCUT2D eigenvalue weighted by Crippen LogP contribution is 2.34. The van der Waals surface area contributed by atoms with Crippen LogP contribution in [0.5, 0.6) is 11.5 Å². The summed E-state index contributed by atoms with van der Waals surface area (Å²) in [6, 6.07) is 7.21. The van der Waals surface area contributed by atoms with Gasteiger partial charge in [0.2, 0.25) is 6.10 Å². The van der Waals surface area contributed by atoms with E-state index in [0.29, 0.717) is 24.7 Å². The van der Waals surface area contributed by atoms with Gasteiger partial charge in [-0.15, -0.1) is 0 Å². The molecule has 3 rings (SSSR count). The number of nitrogens with zero attached hydrogens (tertiary/aromatic N) is 1. The van der Waals surface area contributed by atoms with E-state index in [-0.39, 0.29) is 18.9 Å². The third-order valence-corrected chi connectivity index (χ3v) is 3.94. The largest absolute Gasteiger partial charge is 0.482 e. The van der Waals surface area contributed by atoms with Gasteiger partial charge in [-0.05, 0) is 19.1 Å². The van der Waals surface area contributed by atoms with Crippen molar-refractivity contribution in [1.29, 1.82) is 0 Å². The average molecular weight is 321 g/mol. The summed E-state index contributed by atoms with van der Waals surface area (Å²) in [5.74, 6) is 0.0172. The second-order valence-electron chi connectivity index (χ2n) is 5.68. The highest BCUT2D eigenvalue weighted by molar-refractivity contribution is 5.82. The Morgan fingerprint density at radius 2 is 1.96 bits per heavy atom. The van der Waals surface area contributed by atoms with Gasteiger partial charge >= 0.3 is 5.97 Å². The van der Waals surface area contributed by atoms with Crippen LogP contribution in [0.4, 0.5) is 0 Å². The zero-order chi connectivity index (χ0) is 16.4. The van der Waals surface area contributed by atoms with Crippen LogP contribution in [0.2, 0.25) is 0 Å². The van der Waals surface area contributed by atoms with Crippen molar-refractivity contribution in [2.75, 3.05) is 19.7 Å². The smallest absolute Gasteiger partial charge is 0.306 e. The third-order valence-electron chi connectivity index (χ3n) is 3.94. The van der Waals surface area contributed by atoms with Crippen molar-refractivity contribution >= 4 is 11.9 Å². The lowest BCUT2D eigenvalue weighted by Gasteiger charge is -2.37. The first-order valence-corrected chi connectivity index (χ1v) is 7.59. The van der Waals surface area contributed by atoms with E-state index < -0.39 is 24.3 Å². The summed E-state index contributed by atoms with van der Waals surface area (Å²) in [4.78, 5) is 25.1. The molecule has 0 saturated carbocycles. The van der Waals surface area contributed by atoms with Crippen molar-refractivity contribution in [3.63, 3.8) is 0 Å². The van der Waals surface area contributed by atoms with Gasteiger partial charge < -0.3 is 24.2 Å². The molecule has 2 aliphatic rings. The number of hydrogen-bond donors (Lipinski definition) is 1. The number of fused-ring (bicyclic) bond motifs is 1. The monoisotopic (exact) mass is 321 g/mol. The molecule has 7 heteroatoms. The SMILES string of the molecule is CC1Oc2ccccc2OC1C(=O)N1CCOC(CC(=O)O)C1. The maximum atomic E-state index is 12.7. The Labute approximate surface area is 133 Å². The number of rotatable bonds is 3. The van der Waals surface area contributed by atoms with Gasteiger partial charge in [0.15, 0.2) is 11.5 Å². The number of amides is 1. The molecule has 124 valence electrons. The fraction of sp³-hybridized carbons (Fsp3) is 0.500. The summed E-state index contributed by atoms with van der Waals surface area (Å²) < 4.78 is 16.9. The summed E-state index contributed by atoms with van der Waals surface area (Å²) in [7, 11) is 0. The number of ether oxygens (including phenoxy) is 3. The van der Waals surface area contributed by atoms with Crippen molar-refractivity contribution < 1.29 is 28.9 Å². The van der Waals surface area contributed by atoms with Crippen molar-refractivity contribution in [3.05, 3.63) is 24.3 Å². The van der Waals surface area contributed by atoms with Crippen LogP contribution in [0.15, 0.2) is 24.3 Å². The molecular weight excluding hydrogens is 302 g/mol. The number of carboxylic acid groups (broad SMARTS) is 1. The van der Waals surface area contributed by atoms with Crippen LogP contribution in [0.3, 0.4) is 0 Å². The number of aliphatic carboxylic acids is 1. The molecule has 3 atom stereocenters. The minimum atomic E-state index is -0.941. The fourth-order valence-electron chi connectivity index (χ4n) is 2.81. The topological polar surface area (TPSA) is 85.3 Å². The standard InChI is InChI=1S/C16H19NO6/c1-10-15(23-13-5-3-2-4-12(13)22-10)16(20)17-6-7-21-11(9-17)8-14(18)19/h2-5,10-11,15H,6-9H2,1H3,(H,18,19). The zero-order valence-corrected chi connectivity index (χ0v) is 12.8. The predicted molar refractivity (Wildman–Crippen MR) is 79.5 cm³/mol. The van der Waals surface area contributed by atoms with Gasteiger partial charge in [-0.1, -0.05) is 12.1 Å². The lowest BCUT2D eigenvalue weighted by Crippen LogP contribution is -2.55. The number of carbonyl (C=O) groups is 2. The summed E-state index contributed by atoms with van der Waals surface area (Å²) in [6.45, 7) is 2.78. The van der Waals surface area contributed by atoms with Gasteiger partial charge in [0, 0.05) is 13.1 Å². The maximum Gasteiger partial charge on any atom is 0.306 e. The Balaban J connectivity index is 1.69. The molecule has 2 heterocycles. The van der Waals surface area contributed by atoms with Crippen LogP contribution in [0.25, 0.3) is 0 Å². The highest BCUT2D eigenvalue weighted by atomic mass is 16.6. The molecule has 0 bridgehead atoms. The van der Waals surface area contributed by atoms with Gasteiger partial charge in [0.05, 0.1) is 19.1 Å². The third kappa shape index (κ3) is 3.39. The van der Waals surface area contributed by atoms with E-state index in [0.717, 1.165) is 0 Å². The van der Waals surface area contributed by atoms with Crippen molar-refractivity contribution in [1.82, 2.24) is 4.90 Å². The first kappa shape index (κ1) is 15.6. The van der Waals surface area contributed by atoms with E-state index in [4.69, 9.17) is 19.3 Å². The van der Waals surface area contributed by atoms with E-state index in [1.54, 1.807) is 24.0 Å². The molecule has 7 nitrogen and oxygen atoms in total. The van der Waals surface area contributed by atoms with Crippen LogP contribution in [-0.4, -0.2) is 59.9 Å². The lowest BCUT2D eigenvalue weighted by atomic mass is 10.1. The second-order valence-corrected chi connectivity index (χ2v) is 5.68. The van der Waals surface area contributed by atoms with Crippen LogP contribution in [0, 0.1) is 0 Å².